The van der Waals surface area contributed by atoms with Crippen molar-refractivity contribution in [2.45, 2.75) is 62.8 Å². The summed E-state index contributed by atoms with van der Waals surface area (Å²) in [7, 11) is 0. The quantitative estimate of drug-likeness (QED) is 0.757. The first kappa shape index (κ1) is 12.9. The third kappa shape index (κ3) is 2.57. The van der Waals surface area contributed by atoms with Crippen molar-refractivity contribution in [2.24, 2.45) is 5.73 Å². The van der Waals surface area contributed by atoms with Gasteiger partial charge in [-0.2, -0.15) is 0 Å². The molecule has 0 amide bonds. The SMILES string of the molecule is CC1CC(CN)(NCC2CCCO2)CN1C1CC1. The van der Waals surface area contributed by atoms with Crippen LogP contribution in [0, 0.1) is 0 Å². The van der Waals surface area contributed by atoms with Gasteiger partial charge in [0.15, 0.2) is 0 Å². The number of hydrogen-bond acceptors (Lipinski definition) is 4. The smallest absolute Gasteiger partial charge is 0.0700 e. The Morgan fingerprint density at radius 1 is 1.39 bits per heavy atom. The van der Waals surface area contributed by atoms with E-state index in [-0.39, 0.29) is 5.54 Å². The Hall–Kier alpha value is -0.160. The van der Waals surface area contributed by atoms with Gasteiger partial charge in [-0.25, -0.2) is 0 Å². The Balaban J connectivity index is 1.56. The van der Waals surface area contributed by atoms with Crippen LogP contribution in [-0.4, -0.2) is 54.9 Å². The molecule has 3 aliphatic rings. The molecule has 2 heterocycles. The molecule has 3 rings (SSSR count). The molecule has 4 heteroatoms. The Morgan fingerprint density at radius 2 is 2.22 bits per heavy atom. The number of likely N-dealkylation sites (tertiary alicyclic amines) is 1. The molecule has 0 radical (unpaired) electrons. The second-order valence-electron chi connectivity index (χ2n) is 6.46. The Bertz CT molecular complexity index is 289. The average molecular weight is 253 g/mol. The minimum atomic E-state index is 0.133. The van der Waals surface area contributed by atoms with Gasteiger partial charge in [0, 0.05) is 43.9 Å². The summed E-state index contributed by atoms with van der Waals surface area (Å²) in [6, 6.07) is 1.52. The summed E-state index contributed by atoms with van der Waals surface area (Å²) in [6.45, 7) is 6.13. The van der Waals surface area contributed by atoms with E-state index in [4.69, 9.17) is 10.5 Å². The van der Waals surface area contributed by atoms with Crippen LogP contribution in [0.5, 0.6) is 0 Å². The van der Waals surface area contributed by atoms with E-state index in [1.54, 1.807) is 0 Å². The number of nitrogens with one attached hydrogen (secondary N) is 1. The fourth-order valence-electron chi connectivity index (χ4n) is 3.63. The van der Waals surface area contributed by atoms with Gasteiger partial charge in [-0.05, 0) is 39.0 Å². The molecule has 3 unspecified atom stereocenters. The van der Waals surface area contributed by atoms with E-state index in [9.17, 15) is 0 Å². The molecule has 18 heavy (non-hydrogen) atoms. The van der Waals surface area contributed by atoms with Crippen molar-refractivity contribution in [1.29, 1.82) is 0 Å². The number of nitrogens with two attached hydrogens (primary N) is 1. The summed E-state index contributed by atoms with van der Waals surface area (Å²) in [5.41, 5.74) is 6.20. The van der Waals surface area contributed by atoms with Crippen LogP contribution in [0.4, 0.5) is 0 Å². The van der Waals surface area contributed by atoms with Gasteiger partial charge in [0.25, 0.3) is 0 Å². The molecule has 3 N–H and O–H groups in total. The molecule has 0 aromatic heterocycles. The standard InChI is InChI=1S/C14H27N3O/c1-11-7-14(9-15,10-17(11)12-4-5-12)16-8-13-3-2-6-18-13/h11-13,16H,2-10,15H2,1H3. The zero-order valence-electron chi connectivity index (χ0n) is 11.5. The first-order valence-corrected chi connectivity index (χ1v) is 7.55. The minimum absolute atomic E-state index is 0.133. The molecule has 0 spiro atoms. The van der Waals surface area contributed by atoms with Gasteiger partial charge in [-0.15, -0.1) is 0 Å². The van der Waals surface area contributed by atoms with Crippen LogP contribution in [0.2, 0.25) is 0 Å². The molecule has 3 atom stereocenters. The molecule has 2 aliphatic heterocycles. The van der Waals surface area contributed by atoms with Crippen LogP contribution >= 0.6 is 0 Å². The summed E-state index contributed by atoms with van der Waals surface area (Å²) < 4.78 is 5.70. The van der Waals surface area contributed by atoms with E-state index in [0.29, 0.717) is 12.1 Å². The molecule has 1 saturated carbocycles. The first-order valence-electron chi connectivity index (χ1n) is 7.55. The molecule has 0 bridgehead atoms. The summed E-state index contributed by atoms with van der Waals surface area (Å²) in [4.78, 5) is 2.66. The fraction of sp³-hybridized carbons (Fsp3) is 1.00. The van der Waals surface area contributed by atoms with Crippen molar-refractivity contribution in [1.82, 2.24) is 10.2 Å². The third-order valence-electron chi connectivity index (χ3n) is 4.87. The van der Waals surface area contributed by atoms with Crippen LogP contribution in [0.15, 0.2) is 0 Å². The van der Waals surface area contributed by atoms with E-state index in [1.807, 2.05) is 0 Å². The maximum absolute atomic E-state index is 6.07. The molecular formula is C14H27N3O. The van der Waals surface area contributed by atoms with Crippen LogP contribution in [0.3, 0.4) is 0 Å². The third-order valence-corrected chi connectivity index (χ3v) is 4.87. The highest BCUT2D eigenvalue weighted by Gasteiger charge is 2.46. The summed E-state index contributed by atoms with van der Waals surface area (Å²) in [6.07, 6.45) is 6.79. The lowest BCUT2D eigenvalue weighted by molar-refractivity contribution is 0.101. The van der Waals surface area contributed by atoms with Gasteiger partial charge in [0.1, 0.15) is 0 Å². The first-order chi connectivity index (χ1) is 8.72. The lowest BCUT2D eigenvalue weighted by atomic mass is 9.96. The summed E-state index contributed by atoms with van der Waals surface area (Å²) >= 11 is 0. The molecule has 0 aromatic rings. The predicted molar refractivity (Wildman–Crippen MR) is 72.6 cm³/mol. The van der Waals surface area contributed by atoms with E-state index >= 15 is 0 Å². The van der Waals surface area contributed by atoms with Gasteiger partial charge in [-0.3, -0.25) is 4.90 Å². The predicted octanol–water partition coefficient (Wildman–Crippen LogP) is 0.709. The lowest BCUT2D eigenvalue weighted by Gasteiger charge is -2.30. The number of hydrogen-bond donors (Lipinski definition) is 2. The maximum atomic E-state index is 6.07. The minimum Gasteiger partial charge on any atom is -0.377 e. The molecule has 2 saturated heterocycles. The van der Waals surface area contributed by atoms with Crippen LogP contribution in [-0.2, 0) is 4.74 Å². The second-order valence-corrected chi connectivity index (χ2v) is 6.46. The van der Waals surface area contributed by atoms with Gasteiger partial charge >= 0.3 is 0 Å². The van der Waals surface area contributed by atoms with E-state index in [2.05, 4.69) is 17.1 Å². The van der Waals surface area contributed by atoms with Gasteiger partial charge in [0.2, 0.25) is 0 Å². The molecule has 104 valence electrons. The van der Waals surface area contributed by atoms with Crippen molar-refractivity contribution in [3.8, 4) is 0 Å². The van der Waals surface area contributed by atoms with Crippen molar-refractivity contribution >= 4 is 0 Å². The summed E-state index contributed by atoms with van der Waals surface area (Å²) in [5.74, 6) is 0. The highest BCUT2D eigenvalue weighted by atomic mass is 16.5. The number of ether oxygens (including phenoxy) is 1. The summed E-state index contributed by atoms with van der Waals surface area (Å²) in [5, 5.41) is 3.74. The Morgan fingerprint density at radius 3 is 2.83 bits per heavy atom. The zero-order valence-corrected chi connectivity index (χ0v) is 11.5. The topological polar surface area (TPSA) is 50.5 Å². The van der Waals surface area contributed by atoms with Gasteiger partial charge in [0.05, 0.1) is 6.10 Å². The Labute approximate surface area is 110 Å². The second kappa shape index (κ2) is 5.08. The van der Waals surface area contributed by atoms with Crippen molar-refractivity contribution < 1.29 is 4.74 Å². The van der Waals surface area contributed by atoms with E-state index < -0.39 is 0 Å². The van der Waals surface area contributed by atoms with E-state index in [0.717, 1.165) is 32.3 Å². The van der Waals surface area contributed by atoms with Crippen LogP contribution < -0.4 is 11.1 Å². The molecule has 4 nitrogen and oxygen atoms in total. The van der Waals surface area contributed by atoms with Gasteiger partial charge in [-0.1, -0.05) is 0 Å². The monoisotopic (exact) mass is 253 g/mol. The number of rotatable bonds is 5. The maximum Gasteiger partial charge on any atom is 0.0700 e. The normalized spacial score (nSPS) is 41.7. The van der Waals surface area contributed by atoms with E-state index in [1.165, 1.54) is 32.1 Å². The average Bonchev–Trinajstić information content (AvgIpc) is 2.97. The lowest BCUT2D eigenvalue weighted by Crippen LogP contribution is -2.55. The highest BCUT2D eigenvalue weighted by molar-refractivity contribution is 5.06. The van der Waals surface area contributed by atoms with Crippen molar-refractivity contribution in [3.63, 3.8) is 0 Å². The number of nitrogens with zero attached hydrogens (tertiary/aromatic N) is 1. The van der Waals surface area contributed by atoms with Crippen molar-refractivity contribution in [2.75, 3.05) is 26.2 Å². The molecule has 0 aromatic carbocycles. The van der Waals surface area contributed by atoms with Crippen LogP contribution in [0.1, 0.15) is 39.0 Å². The fourth-order valence-corrected chi connectivity index (χ4v) is 3.63. The highest BCUT2D eigenvalue weighted by Crippen LogP contribution is 2.36. The molecular weight excluding hydrogens is 226 g/mol. The largest absolute Gasteiger partial charge is 0.377 e. The zero-order chi connectivity index (χ0) is 12.6. The van der Waals surface area contributed by atoms with Crippen molar-refractivity contribution in [3.05, 3.63) is 0 Å². The Kier molecular flexibility index (Phi) is 3.63. The van der Waals surface area contributed by atoms with Gasteiger partial charge < -0.3 is 15.8 Å². The van der Waals surface area contributed by atoms with Crippen LogP contribution in [0.25, 0.3) is 0 Å². The molecule has 3 fully saturated rings. The molecule has 1 aliphatic carbocycles.